The topological polar surface area (TPSA) is 32.3 Å². The summed E-state index contributed by atoms with van der Waals surface area (Å²) in [6.07, 6.45) is 0.998. The molecule has 19 heavy (non-hydrogen) atoms. The SMILES string of the molecule is CC1CN(C)CCC1NC(=O)c1ccc(Cl)c(Br)c1. The van der Waals surface area contributed by atoms with Crippen molar-refractivity contribution in [3.63, 3.8) is 0 Å². The summed E-state index contributed by atoms with van der Waals surface area (Å²) in [6, 6.07) is 5.50. The minimum Gasteiger partial charge on any atom is -0.349 e. The van der Waals surface area contributed by atoms with Crippen LogP contribution < -0.4 is 5.32 Å². The number of hydrogen-bond donors (Lipinski definition) is 1. The van der Waals surface area contributed by atoms with E-state index in [0.29, 0.717) is 16.5 Å². The van der Waals surface area contributed by atoms with Gasteiger partial charge in [0.25, 0.3) is 5.91 Å². The van der Waals surface area contributed by atoms with E-state index in [1.54, 1.807) is 18.2 Å². The molecular formula is C14H18BrClN2O. The summed E-state index contributed by atoms with van der Waals surface area (Å²) in [4.78, 5) is 14.5. The molecule has 1 fully saturated rings. The summed E-state index contributed by atoms with van der Waals surface area (Å²) in [5, 5.41) is 3.74. The smallest absolute Gasteiger partial charge is 0.251 e. The van der Waals surface area contributed by atoms with Crippen molar-refractivity contribution in [3.05, 3.63) is 33.3 Å². The minimum absolute atomic E-state index is 0.0289. The Morgan fingerprint density at radius 2 is 2.26 bits per heavy atom. The van der Waals surface area contributed by atoms with E-state index < -0.39 is 0 Å². The largest absolute Gasteiger partial charge is 0.349 e. The third kappa shape index (κ3) is 3.71. The van der Waals surface area contributed by atoms with Crippen molar-refractivity contribution in [2.45, 2.75) is 19.4 Å². The second-order valence-electron chi connectivity index (χ2n) is 5.24. The first-order valence-electron chi connectivity index (χ1n) is 6.42. The van der Waals surface area contributed by atoms with E-state index in [9.17, 15) is 4.79 Å². The number of carbonyl (C=O) groups excluding carboxylic acids is 1. The van der Waals surface area contributed by atoms with Crippen LogP contribution >= 0.6 is 27.5 Å². The first kappa shape index (κ1) is 14.8. The summed E-state index contributed by atoms with van der Waals surface area (Å²) in [5.74, 6) is 0.442. The molecule has 0 bridgehead atoms. The Hall–Kier alpha value is -0.580. The van der Waals surface area contributed by atoms with E-state index in [2.05, 4.69) is 40.1 Å². The van der Waals surface area contributed by atoms with Crippen molar-refractivity contribution in [2.24, 2.45) is 5.92 Å². The van der Waals surface area contributed by atoms with Crippen molar-refractivity contribution in [3.8, 4) is 0 Å². The van der Waals surface area contributed by atoms with E-state index in [0.717, 1.165) is 24.0 Å². The third-order valence-electron chi connectivity index (χ3n) is 3.61. The van der Waals surface area contributed by atoms with Gasteiger partial charge in [0.2, 0.25) is 0 Å². The molecule has 1 aromatic rings. The fraction of sp³-hybridized carbons (Fsp3) is 0.500. The lowest BCUT2D eigenvalue weighted by Gasteiger charge is -2.35. The highest BCUT2D eigenvalue weighted by Crippen LogP contribution is 2.23. The maximum absolute atomic E-state index is 12.2. The number of halogens is 2. The maximum Gasteiger partial charge on any atom is 0.251 e. The molecule has 2 atom stereocenters. The standard InChI is InChI=1S/C14H18BrClN2O/c1-9-8-18(2)6-5-13(9)17-14(19)10-3-4-12(16)11(15)7-10/h3-4,7,9,13H,5-6,8H2,1-2H3,(H,17,19). The molecule has 0 saturated carbocycles. The van der Waals surface area contributed by atoms with Gasteiger partial charge in [0.1, 0.15) is 0 Å². The van der Waals surface area contributed by atoms with Crippen molar-refractivity contribution < 1.29 is 4.79 Å². The molecule has 0 radical (unpaired) electrons. The first-order chi connectivity index (χ1) is 8.97. The van der Waals surface area contributed by atoms with E-state index in [1.807, 2.05) is 0 Å². The Bertz CT molecular complexity index is 481. The quantitative estimate of drug-likeness (QED) is 0.893. The molecule has 5 heteroatoms. The summed E-state index contributed by atoms with van der Waals surface area (Å²) in [7, 11) is 2.12. The predicted molar refractivity (Wildman–Crippen MR) is 81.7 cm³/mol. The van der Waals surface area contributed by atoms with Crippen LogP contribution in [0.2, 0.25) is 5.02 Å². The average molecular weight is 346 g/mol. The summed E-state index contributed by atoms with van der Waals surface area (Å²) < 4.78 is 0.748. The molecule has 0 aliphatic carbocycles. The van der Waals surface area contributed by atoms with E-state index in [-0.39, 0.29) is 11.9 Å². The molecule has 0 spiro atoms. The van der Waals surface area contributed by atoms with Crippen molar-refractivity contribution in [1.82, 2.24) is 10.2 Å². The van der Waals surface area contributed by atoms with Crippen LogP contribution in [0.5, 0.6) is 0 Å². The zero-order valence-corrected chi connectivity index (χ0v) is 13.5. The van der Waals surface area contributed by atoms with Gasteiger partial charge in [-0.05, 0) is 60.1 Å². The molecule has 1 saturated heterocycles. The normalized spacial score (nSPS) is 24.2. The molecule has 1 N–H and O–H groups in total. The van der Waals surface area contributed by atoms with Gasteiger partial charge in [-0.25, -0.2) is 0 Å². The highest BCUT2D eigenvalue weighted by Gasteiger charge is 2.25. The predicted octanol–water partition coefficient (Wildman–Crippen LogP) is 3.17. The lowest BCUT2D eigenvalue weighted by atomic mass is 9.94. The van der Waals surface area contributed by atoms with Gasteiger partial charge < -0.3 is 10.2 Å². The zero-order valence-electron chi connectivity index (χ0n) is 11.1. The fourth-order valence-electron chi connectivity index (χ4n) is 2.46. The van der Waals surface area contributed by atoms with Gasteiger partial charge in [0.05, 0.1) is 5.02 Å². The van der Waals surface area contributed by atoms with Crippen LogP contribution in [-0.4, -0.2) is 37.0 Å². The second kappa shape index (κ2) is 6.25. The van der Waals surface area contributed by atoms with Crippen LogP contribution in [0.4, 0.5) is 0 Å². The molecule has 1 aromatic carbocycles. The molecular weight excluding hydrogens is 328 g/mol. The molecule has 1 heterocycles. The van der Waals surface area contributed by atoms with Gasteiger partial charge >= 0.3 is 0 Å². The van der Waals surface area contributed by atoms with E-state index in [4.69, 9.17) is 11.6 Å². The van der Waals surface area contributed by atoms with Crippen LogP contribution in [0.3, 0.4) is 0 Å². The molecule has 1 aliphatic heterocycles. The Morgan fingerprint density at radius 3 is 2.89 bits per heavy atom. The second-order valence-corrected chi connectivity index (χ2v) is 6.50. The summed E-state index contributed by atoms with van der Waals surface area (Å²) in [6.45, 7) is 4.23. The van der Waals surface area contributed by atoms with Gasteiger partial charge in [-0.15, -0.1) is 0 Å². The molecule has 1 amide bonds. The Balaban J connectivity index is 2.02. The number of carbonyl (C=O) groups is 1. The zero-order chi connectivity index (χ0) is 14.0. The van der Waals surface area contributed by atoms with Gasteiger partial charge in [-0.1, -0.05) is 18.5 Å². The van der Waals surface area contributed by atoms with Crippen molar-refractivity contribution in [2.75, 3.05) is 20.1 Å². The van der Waals surface area contributed by atoms with E-state index in [1.165, 1.54) is 0 Å². The first-order valence-corrected chi connectivity index (χ1v) is 7.59. The summed E-state index contributed by atoms with van der Waals surface area (Å²) in [5.41, 5.74) is 0.641. The molecule has 104 valence electrons. The van der Waals surface area contributed by atoms with Gasteiger partial charge in [-0.3, -0.25) is 4.79 Å². The lowest BCUT2D eigenvalue weighted by Crippen LogP contribution is -2.48. The van der Waals surface area contributed by atoms with Gasteiger partial charge in [0.15, 0.2) is 0 Å². The fourth-order valence-corrected chi connectivity index (χ4v) is 2.95. The minimum atomic E-state index is -0.0289. The molecule has 0 aromatic heterocycles. The van der Waals surface area contributed by atoms with Crippen molar-refractivity contribution >= 4 is 33.4 Å². The molecule has 2 unspecified atom stereocenters. The highest BCUT2D eigenvalue weighted by molar-refractivity contribution is 9.10. The number of amides is 1. The number of likely N-dealkylation sites (tertiary alicyclic amines) is 1. The van der Waals surface area contributed by atoms with Crippen molar-refractivity contribution in [1.29, 1.82) is 0 Å². The van der Waals surface area contributed by atoms with Gasteiger partial charge in [0, 0.05) is 22.6 Å². The number of nitrogens with one attached hydrogen (secondary N) is 1. The van der Waals surface area contributed by atoms with E-state index >= 15 is 0 Å². The van der Waals surface area contributed by atoms with Crippen LogP contribution in [-0.2, 0) is 0 Å². The highest BCUT2D eigenvalue weighted by atomic mass is 79.9. The molecule has 2 rings (SSSR count). The summed E-state index contributed by atoms with van der Waals surface area (Å²) >= 11 is 9.27. The van der Waals surface area contributed by atoms with Crippen LogP contribution in [0, 0.1) is 5.92 Å². The number of nitrogens with zero attached hydrogens (tertiary/aromatic N) is 1. The van der Waals surface area contributed by atoms with Crippen LogP contribution in [0.15, 0.2) is 22.7 Å². The maximum atomic E-state index is 12.2. The molecule has 3 nitrogen and oxygen atoms in total. The Labute approximate surface area is 127 Å². The lowest BCUT2D eigenvalue weighted by molar-refractivity contribution is 0.0884. The third-order valence-corrected chi connectivity index (χ3v) is 4.82. The Kier molecular flexibility index (Phi) is 4.87. The van der Waals surface area contributed by atoms with Crippen LogP contribution in [0.1, 0.15) is 23.7 Å². The average Bonchev–Trinajstić information content (AvgIpc) is 2.36. The number of rotatable bonds is 2. The van der Waals surface area contributed by atoms with Crippen LogP contribution in [0.25, 0.3) is 0 Å². The monoisotopic (exact) mass is 344 g/mol. The Morgan fingerprint density at radius 1 is 1.53 bits per heavy atom. The molecule has 1 aliphatic rings. The number of benzene rings is 1. The number of piperidine rings is 1. The number of hydrogen-bond acceptors (Lipinski definition) is 2. The van der Waals surface area contributed by atoms with Gasteiger partial charge in [-0.2, -0.15) is 0 Å².